The second-order valence-corrected chi connectivity index (χ2v) is 7.47. The number of ether oxygens (including phenoxy) is 1. The van der Waals surface area contributed by atoms with Crippen LogP contribution in [-0.2, 0) is 6.54 Å². The van der Waals surface area contributed by atoms with Crippen LogP contribution >= 0.6 is 15.9 Å². The molecule has 1 amide bonds. The number of rotatable bonds is 6. The van der Waals surface area contributed by atoms with Gasteiger partial charge < -0.3 is 9.84 Å². The molecule has 6 nitrogen and oxygen atoms in total. The Morgan fingerprint density at radius 2 is 2.16 bits per heavy atom. The van der Waals surface area contributed by atoms with Crippen molar-refractivity contribution in [3.8, 4) is 5.75 Å². The van der Waals surface area contributed by atoms with E-state index in [0.29, 0.717) is 36.0 Å². The molecule has 1 atom stereocenters. The number of halogens is 1. The van der Waals surface area contributed by atoms with Crippen LogP contribution in [0.4, 0.5) is 4.79 Å². The maximum Gasteiger partial charge on any atom is 0.410 e. The quantitative estimate of drug-likeness (QED) is 0.685. The lowest BCUT2D eigenvalue weighted by Gasteiger charge is -2.29. The van der Waals surface area contributed by atoms with E-state index in [-0.39, 0.29) is 0 Å². The average Bonchev–Trinajstić information content (AvgIpc) is 2.81. The molecule has 1 aromatic rings. The molecule has 0 aliphatic carbocycles. The summed E-state index contributed by atoms with van der Waals surface area (Å²) in [6.45, 7) is 10.2. The Morgan fingerprint density at radius 1 is 1.44 bits per heavy atom. The summed E-state index contributed by atoms with van der Waals surface area (Å²) < 4.78 is 7.27. The molecule has 1 aliphatic rings. The first kappa shape index (κ1) is 19.5. The molecular weight excluding hydrogens is 386 g/mol. The molecule has 0 fully saturated rings. The van der Waals surface area contributed by atoms with Crippen molar-refractivity contribution in [2.24, 2.45) is 11.0 Å². The van der Waals surface area contributed by atoms with Gasteiger partial charge in [0.2, 0.25) is 0 Å². The van der Waals surface area contributed by atoms with Gasteiger partial charge >= 0.3 is 6.09 Å². The molecule has 0 spiro atoms. The smallest absolute Gasteiger partial charge is 0.410 e. The summed E-state index contributed by atoms with van der Waals surface area (Å²) in [5, 5.41) is 15.9. The van der Waals surface area contributed by atoms with Crippen LogP contribution in [0.15, 0.2) is 39.5 Å². The standard InChI is InChI=1S/C18H24BrN3O3/c1-5-22(13(4)8-17(21-22)20-18(23)24)10-14-9-15(19)6-7-16(14)25-11-12(2)3/h6-9,12H,5,10-11H2,1-4H3,(H-,20,21,23,24)/p+1. The molecule has 0 bridgehead atoms. The van der Waals surface area contributed by atoms with Crippen molar-refractivity contribution in [1.29, 1.82) is 0 Å². The van der Waals surface area contributed by atoms with Crippen molar-refractivity contribution in [3.63, 3.8) is 0 Å². The first-order valence-electron chi connectivity index (χ1n) is 8.33. The SMILES string of the molecule is CC[N+]1(Cc2cc(Br)ccc2OCC(C)C)N=C(NC(=O)O)C=C1C. The minimum atomic E-state index is -1.11. The van der Waals surface area contributed by atoms with Crippen LogP contribution in [0, 0.1) is 5.92 Å². The Bertz CT molecular complexity index is 716. The van der Waals surface area contributed by atoms with Gasteiger partial charge in [-0.1, -0.05) is 34.9 Å². The monoisotopic (exact) mass is 410 g/mol. The zero-order valence-corrected chi connectivity index (χ0v) is 16.6. The van der Waals surface area contributed by atoms with Crippen LogP contribution in [0.2, 0.25) is 0 Å². The maximum atomic E-state index is 10.9. The molecule has 1 aromatic carbocycles. The lowest BCUT2D eigenvalue weighted by Crippen LogP contribution is -2.39. The number of nitrogens with zero attached hydrogens (tertiary/aromatic N) is 2. The van der Waals surface area contributed by atoms with E-state index >= 15 is 0 Å². The highest BCUT2D eigenvalue weighted by Crippen LogP contribution is 2.32. The van der Waals surface area contributed by atoms with E-state index < -0.39 is 6.09 Å². The molecule has 7 heteroatoms. The minimum absolute atomic E-state index is 0.324. The van der Waals surface area contributed by atoms with Crippen LogP contribution in [0.3, 0.4) is 0 Å². The molecule has 1 heterocycles. The van der Waals surface area contributed by atoms with E-state index in [4.69, 9.17) is 9.84 Å². The number of benzene rings is 1. The van der Waals surface area contributed by atoms with Crippen LogP contribution in [0.5, 0.6) is 5.75 Å². The van der Waals surface area contributed by atoms with Gasteiger partial charge in [0.05, 0.1) is 12.2 Å². The summed E-state index contributed by atoms with van der Waals surface area (Å²) in [6.07, 6.45) is 0.673. The topological polar surface area (TPSA) is 70.9 Å². The summed E-state index contributed by atoms with van der Waals surface area (Å²) in [6, 6.07) is 5.96. The molecular formula is C18H25BrN3O3+. The third-order valence-electron chi connectivity index (χ3n) is 4.09. The Kier molecular flexibility index (Phi) is 6.24. The molecule has 2 rings (SSSR count). The minimum Gasteiger partial charge on any atom is -0.493 e. The van der Waals surface area contributed by atoms with Gasteiger partial charge in [0.25, 0.3) is 0 Å². The van der Waals surface area contributed by atoms with Gasteiger partial charge in [-0.15, -0.1) is 0 Å². The van der Waals surface area contributed by atoms with E-state index in [2.05, 4.69) is 40.2 Å². The molecule has 0 aromatic heterocycles. The maximum absolute atomic E-state index is 10.9. The number of hydrogen-bond donors (Lipinski definition) is 2. The third kappa shape index (κ3) is 4.83. The molecule has 2 N–H and O–H groups in total. The van der Waals surface area contributed by atoms with E-state index in [1.54, 1.807) is 6.08 Å². The van der Waals surface area contributed by atoms with E-state index in [9.17, 15) is 4.79 Å². The number of carbonyl (C=O) groups is 1. The van der Waals surface area contributed by atoms with Crippen molar-refractivity contribution < 1.29 is 19.2 Å². The van der Waals surface area contributed by atoms with E-state index in [0.717, 1.165) is 21.5 Å². The van der Waals surface area contributed by atoms with Gasteiger partial charge in [-0.05, 0) is 31.0 Å². The van der Waals surface area contributed by atoms with Crippen LogP contribution in [-0.4, -0.2) is 34.8 Å². The third-order valence-corrected chi connectivity index (χ3v) is 4.58. The van der Waals surface area contributed by atoms with Crippen molar-refractivity contribution in [1.82, 2.24) is 5.32 Å². The molecule has 0 radical (unpaired) electrons. The van der Waals surface area contributed by atoms with Gasteiger partial charge in [0.15, 0.2) is 5.84 Å². The van der Waals surface area contributed by atoms with Crippen molar-refractivity contribution >= 4 is 27.9 Å². The lowest BCUT2D eigenvalue weighted by molar-refractivity contribution is -0.907. The molecule has 1 aliphatic heterocycles. The number of hydrogen-bond acceptors (Lipinski definition) is 3. The molecule has 0 saturated heterocycles. The Morgan fingerprint density at radius 3 is 2.76 bits per heavy atom. The Balaban J connectivity index is 2.33. The van der Waals surface area contributed by atoms with Crippen LogP contribution in [0.25, 0.3) is 0 Å². The number of allylic oxidation sites excluding steroid dienone is 1. The Hall–Kier alpha value is -1.86. The van der Waals surface area contributed by atoms with Gasteiger partial charge in [-0.3, -0.25) is 5.32 Å². The Labute approximate surface area is 156 Å². The second-order valence-electron chi connectivity index (χ2n) is 6.56. The van der Waals surface area contributed by atoms with Crippen LogP contribution in [0.1, 0.15) is 33.3 Å². The number of amidine groups is 1. The zero-order valence-electron chi connectivity index (χ0n) is 15.0. The van der Waals surface area contributed by atoms with Gasteiger partial charge in [0.1, 0.15) is 24.5 Å². The fourth-order valence-electron chi connectivity index (χ4n) is 2.75. The highest BCUT2D eigenvalue weighted by molar-refractivity contribution is 9.10. The first-order valence-corrected chi connectivity index (χ1v) is 9.12. The number of carboxylic acid groups (broad SMARTS) is 1. The van der Waals surface area contributed by atoms with E-state index in [1.807, 2.05) is 32.0 Å². The molecule has 0 saturated carbocycles. The van der Waals surface area contributed by atoms with E-state index in [1.165, 1.54) is 0 Å². The predicted molar refractivity (Wildman–Crippen MR) is 101 cm³/mol. The number of amides is 1. The average molecular weight is 411 g/mol. The summed E-state index contributed by atoms with van der Waals surface area (Å²) in [7, 11) is 0. The highest BCUT2D eigenvalue weighted by Gasteiger charge is 2.36. The summed E-state index contributed by atoms with van der Waals surface area (Å²) in [5.74, 6) is 1.64. The lowest BCUT2D eigenvalue weighted by atomic mass is 10.1. The largest absolute Gasteiger partial charge is 0.493 e. The summed E-state index contributed by atoms with van der Waals surface area (Å²) in [4.78, 5) is 10.9. The summed E-state index contributed by atoms with van der Waals surface area (Å²) >= 11 is 3.52. The second kappa shape index (κ2) is 8.01. The van der Waals surface area contributed by atoms with Crippen molar-refractivity contribution in [2.45, 2.75) is 34.2 Å². The van der Waals surface area contributed by atoms with Gasteiger partial charge in [0, 0.05) is 17.5 Å². The fraction of sp³-hybridized carbons (Fsp3) is 0.444. The fourth-order valence-corrected chi connectivity index (χ4v) is 3.15. The summed E-state index contributed by atoms with van der Waals surface area (Å²) in [5.41, 5.74) is 2.02. The highest BCUT2D eigenvalue weighted by atomic mass is 79.9. The van der Waals surface area contributed by atoms with Crippen LogP contribution < -0.4 is 10.1 Å². The number of quaternary nitrogens is 1. The molecule has 1 unspecified atom stereocenters. The predicted octanol–water partition coefficient (Wildman–Crippen LogP) is 4.32. The molecule has 136 valence electrons. The zero-order chi connectivity index (χ0) is 18.6. The van der Waals surface area contributed by atoms with Crippen molar-refractivity contribution in [3.05, 3.63) is 40.0 Å². The molecule has 25 heavy (non-hydrogen) atoms. The first-order chi connectivity index (χ1) is 11.8. The van der Waals surface area contributed by atoms with Gasteiger partial charge in [-0.2, -0.15) is 4.59 Å². The van der Waals surface area contributed by atoms with Crippen molar-refractivity contribution in [2.75, 3.05) is 13.2 Å². The number of nitrogens with one attached hydrogen (secondary N) is 1. The van der Waals surface area contributed by atoms with Gasteiger partial charge in [-0.25, -0.2) is 4.79 Å². The normalized spacial score (nSPS) is 19.6.